The van der Waals surface area contributed by atoms with Crippen LogP contribution in [0.2, 0.25) is 0 Å². The predicted octanol–water partition coefficient (Wildman–Crippen LogP) is 16.9. The smallest absolute Gasteiger partial charge is 0.143 e. The normalized spacial score (nSPS) is 11.9. The monoisotopic (exact) mass is 777 g/mol. The van der Waals surface area contributed by atoms with Crippen LogP contribution in [0.15, 0.2) is 221 Å². The SMILES string of the molecule is c1ccc(N(c2ccc(-c3cc4ccccc4c4ccccc34)cc2)c2cccc3oc4c5ccccc5ccc4c23)c(-c2cccc3c2oc2c4ccccc4ccc32)c1. The molecule has 0 saturated carbocycles. The topological polar surface area (TPSA) is 29.5 Å². The van der Waals surface area contributed by atoms with Gasteiger partial charge < -0.3 is 13.7 Å². The van der Waals surface area contributed by atoms with E-state index in [2.05, 4.69) is 217 Å². The summed E-state index contributed by atoms with van der Waals surface area (Å²) >= 11 is 0. The summed E-state index contributed by atoms with van der Waals surface area (Å²) in [7, 11) is 0. The van der Waals surface area contributed by atoms with Gasteiger partial charge in [-0.05, 0) is 92.0 Å². The van der Waals surface area contributed by atoms with Gasteiger partial charge in [0.1, 0.15) is 22.3 Å². The van der Waals surface area contributed by atoms with Gasteiger partial charge in [-0.3, -0.25) is 0 Å². The second kappa shape index (κ2) is 13.2. The molecule has 0 saturated heterocycles. The molecule has 13 aromatic rings. The van der Waals surface area contributed by atoms with Crippen LogP contribution < -0.4 is 4.90 Å². The van der Waals surface area contributed by atoms with Crippen molar-refractivity contribution in [3.8, 4) is 22.3 Å². The number of benzene rings is 11. The highest BCUT2D eigenvalue weighted by molar-refractivity contribution is 6.21. The molecular formula is C58H35NO2. The van der Waals surface area contributed by atoms with Crippen LogP contribution >= 0.6 is 0 Å². The van der Waals surface area contributed by atoms with Gasteiger partial charge >= 0.3 is 0 Å². The van der Waals surface area contributed by atoms with E-state index in [1.165, 1.54) is 27.1 Å². The van der Waals surface area contributed by atoms with E-state index in [0.717, 1.165) is 99.2 Å². The van der Waals surface area contributed by atoms with Crippen LogP contribution in [0.5, 0.6) is 0 Å². The van der Waals surface area contributed by atoms with Crippen molar-refractivity contribution in [3.05, 3.63) is 212 Å². The highest BCUT2D eigenvalue weighted by atomic mass is 16.3. The van der Waals surface area contributed by atoms with Gasteiger partial charge in [-0.1, -0.05) is 164 Å². The number of hydrogen-bond donors (Lipinski definition) is 0. The molecular weight excluding hydrogens is 743 g/mol. The van der Waals surface area contributed by atoms with Crippen LogP contribution in [0.25, 0.3) is 109 Å². The second-order valence-electron chi connectivity index (χ2n) is 16.0. The Morgan fingerprint density at radius 3 is 1.64 bits per heavy atom. The molecule has 0 atom stereocenters. The molecule has 0 spiro atoms. The van der Waals surface area contributed by atoms with E-state index in [-0.39, 0.29) is 0 Å². The molecule has 0 aliphatic rings. The van der Waals surface area contributed by atoms with Gasteiger partial charge in [-0.15, -0.1) is 0 Å². The highest BCUT2D eigenvalue weighted by Crippen LogP contribution is 2.49. The Bertz CT molecular complexity index is 3890. The molecule has 61 heavy (non-hydrogen) atoms. The molecule has 2 heterocycles. The summed E-state index contributed by atoms with van der Waals surface area (Å²) in [5, 5.41) is 13.9. The summed E-state index contributed by atoms with van der Waals surface area (Å²) < 4.78 is 13.7. The second-order valence-corrected chi connectivity index (χ2v) is 16.0. The molecule has 2 aromatic heterocycles. The molecule has 11 aromatic carbocycles. The first-order chi connectivity index (χ1) is 30.3. The third kappa shape index (κ3) is 5.11. The third-order valence-corrected chi connectivity index (χ3v) is 12.6. The molecule has 0 radical (unpaired) electrons. The Morgan fingerprint density at radius 1 is 0.295 bits per heavy atom. The van der Waals surface area contributed by atoms with Crippen LogP contribution in [-0.4, -0.2) is 0 Å². The minimum Gasteiger partial charge on any atom is -0.455 e. The Hall–Kier alpha value is -8.14. The van der Waals surface area contributed by atoms with Crippen molar-refractivity contribution in [1.29, 1.82) is 0 Å². The summed E-state index contributed by atoms with van der Waals surface area (Å²) in [6.07, 6.45) is 0. The number of rotatable bonds is 5. The predicted molar refractivity (Wildman–Crippen MR) is 257 cm³/mol. The van der Waals surface area contributed by atoms with E-state index in [1.54, 1.807) is 0 Å². The molecule has 284 valence electrons. The molecule has 3 nitrogen and oxygen atoms in total. The maximum atomic E-state index is 6.95. The van der Waals surface area contributed by atoms with Crippen molar-refractivity contribution in [1.82, 2.24) is 0 Å². The third-order valence-electron chi connectivity index (χ3n) is 12.6. The first-order valence-corrected chi connectivity index (χ1v) is 20.8. The molecule has 3 heteroatoms. The summed E-state index contributed by atoms with van der Waals surface area (Å²) in [6.45, 7) is 0. The Balaban J connectivity index is 1.06. The first-order valence-electron chi connectivity index (χ1n) is 20.8. The largest absolute Gasteiger partial charge is 0.455 e. The zero-order chi connectivity index (χ0) is 40.0. The van der Waals surface area contributed by atoms with Crippen molar-refractivity contribution >= 4 is 104 Å². The fourth-order valence-electron chi connectivity index (χ4n) is 9.85. The molecule has 0 unspecified atom stereocenters. The van der Waals surface area contributed by atoms with E-state index >= 15 is 0 Å². The van der Waals surface area contributed by atoms with Gasteiger partial charge in [0, 0.05) is 43.7 Å². The fourth-order valence-corrected chi connectivity index (χ4v) is 9.85. The number of hydrogen-bond acceptors (Lipinski definition) is 3. The summed E-state index contributed by atoms with van der Waals surface area (Å²) in [5.74, 6) is 0. The number of furan rings is 2. The van der Waals surface area contributed by atoms with Gasteiger partial charge in [0.05, 0.1) is 16.8 Å². The quantitative estimate of drug-likeness (QED) is 0.163. The summed E-state index contributed by atoms with van der Waals surface area (Å²) in [4.78, 5) is 2.40. The van der Waals surface area contributed by atoms with E-state index in [4.69, 9.17) is 8.83 Å². The average Bonchev–Trinajstić information content (AvgIpc) is 3.92. The van der Waals surface area contributed by atoms with Crippen molar-refractivity contribution in [2.24, 2.45) is 0 Å². The Kier molecular flexibility index (Phi) is 7.31. The maximum Gasteiger partial charge on any atom is 0.143 e. The van der Waals surface area contributed by atoms with Gasteiger partial charge in [0.25, 0.3) is 0 Å². The minimum absolute atomic E-state index is 0.844. The van der Waals surface area contributed by atoms with Crippen molar-refractivity contribution in [2.75, 3.05) is 4.90 Å². The van der Waals surface area contributed by atoms with Crippen LogP contribution in [0.1, 0.15) is 0 Å². The molecule has 13 rings (SSSR count). The zero-order valence-corrected chi connectivity index (χ0v) is 33.0. The standard InChI is InChI=1S/C58H35NO2/c1-5-17-42-36(13-1)29-33-49-48-23-11-22-47(58(48)61-56(42)49)46-21-9-10-24-52(46)59(53-25-12-26-54-55(53)50-34-30-37-14-2-6-18-43(37)57(50)60-54)40-31-27-38(28-32-40)51-35-39-15-3-4-16-41(39)44-19-7-8-20-45(44)51/h1-35H. The number of para-hydroxylation sites is 2. The van der Waals surface area contributed by atoms with Crippen molar-refractivity contribution in [2.45, 2.75) is 0 Å². The van der Waals surface area contributed by atoms with Gasteiger partial charge in [0.2, 0.25) is 0 Å². The molecule has 0 aliphatic carbocycles. The van der Waals surface area contributed by atoms with E-state index in [9.17, 15) is 0 Å². The Labute approximate surface area is 350 Å². The van der Waals surface area contributed by atoms with Gasteiger partial charge in [-0.2, -0.15) is 0 Å². The molecule has 0 fully saturated rings. The number of nitrogens with zero attached hydrogens (tertiary/aromatic N) is 1. The highest BCUT2D eigenvalue weighted by Gasteiger charge is 2.24. The molecule has 0 bridgehead atoms. The van der Waals surface area contributed by atoms with Crippen LogP contribution in [0.3, 0.4) is 0 Å². The van der Waals surface area contributed by atoms with Crippen LogP contribution in [-0.2, 0) is 0 Å². The molecule has 0 aliphatic heterocycles. The van der Waals surface area contributed by atoms with E-state index in [1.807, 2.05) is 0 Å². The first kappa shape index (κ1) is 33.8. The van der Waals surface area contributed by atoms with E-state index < -0.39 is 0 Å². The lowest BCUT2D eigenvalue weighted by Gasteiger charge is -2.28. The lowest BCUT2D eigenvalue weighted by molar-refractivity contribution is 0.672. The lowest BCUT2D eigenvalue weighted by atomic mass is 9.93. The number of anilines is 3. The van der Waals surface area contributed by atoms with Crippen molar-refractivity contribution < 1.29 is 8.83 Å². The summed E-state index contributed by atoms with van der Waals surface area (Å²) in [6, 6.07) is 76.2. The number of fused-ring (bicyclic) bond motifs is 13. The van der Waals surface area contributed by atoms with Gasteiger partial charge in [-0.25, -0.2) is 0 Å². The lowest BCUT2D eigenvalue weighted by Crippen LogP contribution is -2.11. The fraction of sp³-hybridized carbons (Fsp3) is 0. The Morgan fingerprint density at radius 2 is 0.852 bits per heavy atom. The zero-order valence-electron chi connectivity index (χ0n) is 33.0. The minimum atomic E-state index is 0.844. The average molecular weight is 778 g/mol. The van der Waals surface area contributed by atoms with Crippen molar-refractivity contribution in [3.63, 3.8) is 0 Å². The van der Waals surface area contributed by atoms with E-state index in [0.29, 0.717) is 0 Å². The van der Waals surface area contributed by atoms with Crippen LogP contribution in [0.4, 0.5) is 17.1 Å². The molecule has 0 N–H and O–H groups in total. The van der Waals surface area contributed by atoms with Gasteiger partial charge in [0.15, 0.2) is 0 Å². The van der Waals surface area contributed by atoms with Crippen LogP contribution in [0, 0.1) is 0 Å². The molecule has 0 amide bonds. The summed E-state index contributed by atoms with van der Waals surface area (Å²) in [5.41, 5.74) is 11.1. The maximum absolute atomic E-state index is 6.95.